The standard InChI is InChI=1S/C12H13N2.Y/c1-9-10(2)13-14(11(9)3)12-7-5-4-6-8-12;/h4-8H,1H2,2-3H3;/q-1;. The molecular weight excluding hydrogens is 261 g/mol. The molecule has 0 aliphatic heterocycles. The molecule has 0 unspecified atom stereocenters. The average molecular weight is 274 g/mol. The fraction of sp³-hybridized carbons (Fsp3) is 0.167. The van der Waals surface area contributed by atoms with Crippen LogP contribution in [0.2, 0.25) is 0 Å². The van der Waals surface area contributed by atoms with Crippen LogP contribution in [0.3, 0.4) is 0 Å². The SMILES string of the molecule is [CH2-]c1c(C)nn(-c2ccccc2)c1C.[Y]. The summed E-state index contributed by atoms with van der Waals surface area (Å²) in [4.78, 5) is 0. The number of aromatic nitrogens is 2. The van der Waals surface area contributed by atoms with E-state index in [1.165, 1.54) is 0 Å². The molecule has 0 aliphatic rings. The molecule has 2 nitrogen and oxygen atoms in total. The Morgan fingerprint density at radius 3 is 2.20 bits per heavy atom. The van der Waals surface area contributed by atoms with Crippen molar-refractivity contribution in [1.82, 2.24) is 9.78 Å². The summed E-state index contributed by atoms with van der Waals surface area (Å²) < 4.78 is 1.93. The van der Waals surface area contributed by atoms with Gasteiger partial charge in [-0.25, -0.2) is 0 Å². The van der Waals surface area contributed by atoms with Gasteiger partial charge in [0.15, 0.2) is 0 Å². The van der Waals surface area contributed by atoms with Crippen molar-refractivity contribution in [3.63, 3.8) is 0 Å². The number of aryl methyl sites for hydroxylation is 1. The Morgan fingerprint density at radius 2 is 1.73 bits per heavy atom. The molecule has 2 aromatic rings. The van der Waals surface area contributed by atoms with Crippen molar-refractivity contribution in [3.05, 3.63) is 54.2 Å². The van der Waals surface area contributed by atoms with Crippen molar-refractivity contribution in [2.24, 2.45) is 0 Å². The monoisotopic (exact) mass is 274 g/mol. The number of hydrogen-bond donors (Lipinski definition) is 0. The van der Waals surface area contributed by atoms with E-state index in [4.69, 9.17) is 0 Å². The van der Waals surface area contributed by atoms with Crippen LogP contribution in [-0.2, 0) is 32.7 Å². The molecule has 15 heavy (non-hydrogen) atoms. The molecule has 2 rings (SSSR count). The van der Waals surface area contributed by atoms with Crippen molar-refractivity contribution < 1.29 is 32.7 Å². The molecule has 0 saturated carbocycles. The Labute approximate surface area is 116 Å². The Morgan fingerprint density at radius 1 is 1.13 bits per heavy atom. The van der Waals surface area contributed by atoms with Crippen molar-refractivity contribution >= 4 is 0 Å². The van der Waals surface area contributed by atoms with Crippen molar-refractivity contribution in [1.29, 1.82) is 0 Å². The summed E-state index contributed by atoms with van der Waals surface area (Å²) in [6.07, 6.45) is 0. The number of para-hydroxylation sites is 1. The first-order chi connectivity index (χ1) is 6.70. The molecule has 3 heteroatoms. The summed E-state index contributed by atoms with van der Waals surface area (Å²) in [6.45, 7) is 8.00. The average Bonchev–Trinajstić information content (AvgIpc) is 2.47. The maximum Gasteiger partial charge on any atom is 0.0498 e. The minimum atomic E-state index is 0. The first kappa shape index (κ1) is 12.5. The van der Waals surface area contributed by atoms with Gasteiger partial charge in [0.05, 0.1) is 0 Å². The second-order valence-corrected chi connectivity index (χ2v) is 3.40. The Bertz CT molecular complexity index is 446. The maximum absolute atomic E-state index is 4.43. The number of rotatable bonds is 1. The molecule has 0 aliphatic carbocycles. The molecule has 0 bridgehead atoms. The van der Waals surface area contributed by atoms with Crippen LogP contribution in [0.15, 0.2) is 30.3 Å². The molecule has 1 aromatic heterocycles. The van der Waals surface area contributed by atoms with E-state index in [2.05, 4.69) is 12.0 Å². The molecular formula is C12H13N2Y-. The van der Waals surface area contributed by atoms with E-state index in [9.17, 15) is 0 Å². The molecule has 0 amide bonds. The molecule has 75 valence electrons. The van der Waals surface area contributed by atoms with Crippen LogP contribution in [-0.4, -0.2) is 9.78 Å². The first-order valence-electron chi connectivity index (χ1n) is 4.64. The van der Waals surface area contributed by atoms with Crippen LogP contribution >= 0.6 is 0 Å². The van der Waals surface area contributed by atoms with Crippen LogP contribution < -0.4 is 0 Å². The third-order valence-corrected chi connectivity index (χ3v) is 2.44. The zero-order chi connectivity index (χ0) is 10.1. The van der Waals surface area contributed by atoms with Gasteiger partial charge in [-0.1, -0.05) is 37.7 Å². The van der Waals surface area contributed by atoms with E-state index in [0.29, 0.717) is 0 Å². The van der Waals surface area contributed by atoms with Gasteiger partial charge in [0.25, 0.3) is 0 Å². The van der Waals surface area contributed by atoms with E-state index < -0.39 is 0 Å². The Hall–Kier alpha value is -0.596. The summed E-state index contributed by atoms with van der Waals surface area (Å²) in [6, 6.07) is 10.1. The van der Waals surface area contributed by atoms with Gasteiger partial charge in [0, 0.05) is 38.4 Å². The van der Waals surface area contributed by atoms with E-state index in [1.807, 2.05) is 48.9 Å². The topological polar surface area (TPSA) is 17.8 Å². The molecule has 1 aromatic carbocycles. The van der Waals surface area contributed by atoms with Crippen LogP contribution in [0.1, 0.15) is 17.0 Å². The van der Waals surface area contributed by atoms with Gasteiger partial charge >= 0.3 is 0 Å². The second-order valence-electron chi connectivity index (χ2n) is 3.40. The van der Waals surface area contributed by atoms with Gasteiger partial charge < -0.3 is 4.68 Å². The minimum absolute atomic E-state index is 0. The largest absolute Gasteiger partial charge is 0.303 e. The fourth-order valence-corrected chi connectivity index (χ4v) is 1.50. The third-order valence-electron chi connectivity index (χ3n) is 2.44. The predicted molar refractivity (Wildman–Crippen MR) is 57.5 cm³/mol. The van der Waals surface area contributed by atoms with Crippen molar-refractivity contribution in [2.75, 3.05) is 0 Å². The van der Waals surface area contributed by atoms with Crippen LogP contribution in [0.5, 0.6) is 0 Å². The fourth-order valence-electron chi connectivity index (χ4n) is 1.50. The molecule has 1 heterocycles. The second kappa shape index (κ2) is 4.95. The van der Waals surface area contributed by atoms with Crippen LogP contribution in [0, 0.1) is 20.8 Å². The summed E-state index contributed by atoms with van der Waals surface area (Å²) in [7, 11) is 0. The van der Waals surface area contributed by atoms with Gasteiger partial charge in [-0.05, 0) is 17.8 Å². The Balaban J connectivity index is 0.00000112. The van der Waals surface area contributed by atoms with Gasteiger partial charge in [0.2, 0.25) is 0 Å². The minimum Gasteiger partial charge on any atom is -0.303 e. The zero-order valence-electron chi connectivity index (χ0n) is 9.07. The van der Waals surface area contributed by atoms with Crippen LogP contribution in [0.25, 0.3) is 5.69 Å². The summed E-state index contributed by atoms with van der Waals surface area (Å²) in [5.74, 6) is 0. The smallest absolute Gasteiger partial charge is 0.0498 e. The van der Waals surface area contributed by atoms with Gasteiger partial charge in [0.1, 0.15) is 0 Å². The van der Waals surface area contributed by atoms with Crippen molar-refractivity contribution in [3.8, 4) is 5.69 Å². The third kappa shape index (κ3) is 2.32. The predicted octanol–water partition coefficient (Wildman–Crippen LogP) is 2.67. The Kier molecular flexibility index (Phi) is 4.12. The number of benzene rings is 1. The number of nitrogens with zero attached hydrogens (tertiary/aromatic N) is 2. The molecule has 0 N–H and O–H groups in total. The van der Waals surface area contributed by atoms with E-state index >= 15 is 0 Å². The summed E-state index contributed by atoms with van der Waals surface area (Å²) >= 11 is 0. The quantitative estimate of drug-likeness (QED) is 0.731. The normalized spacial score (nSPS) is 9.73. The van der Waals surface area contributed by atoms with Gasteiger partial charge in [-0.3, -0.25) is 5.10 Å². The molecule has 0 fully saturated rings. The zero-order valence-corrected chi connectivity index (χ0v) is 11.9. The van der Waals surface area contributed by atoms with E-state index in [0.717, 1.165) is 22.6 Å². The van der Waals surface area contributed by atoms with Gasteiger partial charge in [-0.15, -0.1) is 0 Å². The molecule has 1 radical (unpaired) electrons. The van der Waals surface area contributed by atoms with Crippen molar-refractivity contribution in [2.45, 2.75) is 13.8 Å². The van der Waals surface area contributed by atoms with Gasteiger partial charge in [-0.2, -0.15) is 12.5 Å². The molecule has 0 spiro atoms. The molecule has 0 atom stereocenters. The van der Waals surface area contributed by atoms with E-state index in [-0.39, 0.29) is 32.7 Å². The summed E-state index contributed by atoms with van der Waals surface area (Å²) in [5, 5.41) is 4.43. The first-order valence-corrected chi connectivity index (χ1v) is 4.64. The maximum atomic E-state index is 4.43. The molecule has 0 saturated heterocycles. The number of hydrogen-bond acceptors (Lipinski definition) is 1. The van der Waals surface area contributed by atoms with E-state index in [1.54, 1.807) is 0 Å². The van der Waals surface area contributed by atoms with Crippen LogP contribution in [0.4, 0.5) is 0 Å². The summed E-state index contributed by atoms with van der Waals surface area (Å²) in [5.41, 5.74) is 4.21.